The van der Waals surface area contributed by atoms with Crippen LogP contribution in [0.2, 0.25) is 0 Å². The summed E-state index contributed by atoms with van der Waals surface area (Å²) in [5.74, 6) is 0.115. The third-order valence-corrected chi connectivity index (χ3v) is 3.60. The highest BCUT2D eigenvalue weighted by atomic mass is 79.9. The van der Waals surface area contributed by atoms with E-state index in [1.54, 1.807) is 0 Å². The van der Waals surface area contributed by atoms with Crippen molar-refractivity contribution in [1.82, 2.24) is 0 Å². The maximum absolute atomic E-state index is 12.0. The van der Waals surface area contributed by atoms with Crippen molar-refractivity contribution in [3.63, 3.8) is 0 Å². The van der Waals surface area contributed by atoms with E-state index in [0.29, 0.717) is 0 Å². The van der Waals surface area contributed by atoms with Gasteiger partial charge in [-0.25, -0.2) is 0 Å². The van der Waals surface area contributed by atoms with Crippen LogP contribution in [0.1, 0.15) is 17.3 Å². The number of hydrogen-bond acceptors (Lipinski definition) is 1. The predicted octanol–water partition coefficient (Wildman–Crippen LogP) is 4.57. The number of benzene rings is 2. The summed E-state index contributed by atoms with van der Waals surface area (Å²) >= 11 is 6.81. The second kappa shape index (κ2) is 4.68. The summed E-state index contributed by atoms with van der Waals surface area (Å²) in [4.78, 5) is 11.9. The van der Waals surface area contributed by atoms with Gasteiger partial charge in [-0.15, -0.1) is 0 Å². The molecule has 1 nitrogen and oxygen atoms in total. The van der Waals surface area contributed by atoms with E-state index in [1.807, 2.05) is 43.3 Å². The molecule has 0 amide bonds. The Bertz CT molecular complexity index is 547. The summed E-state index contributed by atoms with van der Waals surface area (Å²) in [6.07, 6.45) is 0. The van der Waals surface area contributed by atoms with Crippen LogP contribution < -0.4 is 0 Å². The SMILES string of the molecule is CC(Br)C(=O)c1ccc(Br)c2ccccc12. The molecule has 0 saturated carbocycles. The van der Waals surface area contributed by atoms with Gasteiger partial charge in [-0.05, 0) is 29.8 Å². The lowest BCUT2D eigenvalue weighted by atomic mass is 10.0. The van der Waals surface area contributed by atoms with Crippen molar-refractivity contribution < 1.29 is 4.79 Å². The van der Waals surface area contributed by atoms with Gasteiger partial charge in [0.25, 0.3) is 0 Å². The van der Waals surface area contributed by atoms with E-state index >= 15 is 0 Å². The molecule has 2 aromatic carbocycles. The normalized spacial score (nSPS) is 12.7. The van der Waals surface area contributed by atoms with Gasteiger partial charge in [0.1, 0.15) is 0 Å². The van der Waals surface area contributed by atoms with Gasteiger partial charge in [0.15, 0.2) is 5.78 Å². The first-order valence-electron chi connectivity index (χ1n) is 4.97. The highest BCUT2D eigenvalue weighted by Gasteiger charge is 2.15. The van der Waals surface area contributed by atoms with Crippen molar-refractivity contribution in [3.8, 4) is 0 Å². The minimum atomic E-state index is -0.155. The maximum Gasteiger partial charge on any atom is 0.176 e. The van der Waals surface area contributed by atoms with Crippen LogP contribution >= 0.6 is 31.9 Å². The number of ketones is 1. The smallest absolute Gasteiger partial charge is 0.176 e. The first-order valence-corrected chi connectivity index (χ1v) is 6.67. The van der Waals surface area contributed by atoms with Crippen LogP contribution in [0.4, 0.5) is 0 Å². The Hall–Kier alpha value is -0.670. The molecule has 0 bridgehead atoms. The fraction of sp³-hybridized carbons (Fsp3) is 0.154. The van der Waals surface area contributed by atoms with Gasteiger partial charge in [-0.3, -0.25) is 4.79 Å². The number of hydrogen-bond donors (Lipinski definition) is 0. The third-order valence-electron chi connectivity index (χ3n) is 2.50. The van der Waals surface area contributed by atoms with Crippen LogP contribution in [0.25, 0.3) is 10.8 Å². The molecule has 2 aromatic rings. The van der Waals surface area contributed by atoms with Gasteiger partial charge in [-0.1, -0.05) is 56.1 Å². The summed E-state index contributed by atoms with van der Waals surface area (Å²) in [7, 11) is 0. The standard InChI is InChI=1S/C13H10Br2O/c1-8(14)13(16)11-6-7-12(15)10-5-3-2-4-9(10)11/h2-8H,1H3. The lowest BCUT2D eigenvalue weighted by Crippen LogP contribution is -2.10. The Morgan fingerprint density at radius 1 is 1.12 bits per heavy atom. The first kappa shape index (κ1) is 11.8. The van der Waals surface area contributed by atoms with Crippen molar-refractivity contribution in [2.24, 2.45) is 0 Å². The van der Waals surface area contributed by atoms with Gasteiger partial charge in [0.05, 0.1) is 4.83 Å². The lowest BCUT2D eigenvalue weighted by Gasteiger charge is -2.08. The number of alkyl halides is 1. The van der Waals surface area contributed by atoms with E-state index in [0.717, 1.165) is 20.8 Å². The molecule has 0 spiro atoms. The summed E-state index contributed by atoms with van der Waals surface area (Å²) in [6, 6.07) is 11.7. The number of carbonyl (C=O) groups is 1. The van der Waals surface area contributed by atoms with Gasteiger partial charge in [0.2, 0.25) is 0 Å². The second-order valence-corrected chi connectivity index (χ2v) is 5.85. The number of Topliss-reactive ketones (excluding diaryl/α,β-unsaturated/α-hetero) is 1. The molecule has 3 heteroatoms. The number of fused-ring (bicyclic) bond motifs is 1. The molecule has 0 aliphatic carbocycles. The molecular formula is C13H10Br2O. The Morgan fingerprint density at radius 3 is 2.38 bits per heavy atom. The second-order valence-electron chi connectivity index (χ2n) is 3.62. The van der Waals surface area contributed by atoms with E-state index in [1.165, 1.54) is 0 Å². The monoisotopic (exact) mass is 340 g/mol. The zero-order valence-corrected chi connectivity index (χ0v) is 11.9. The van der Waals surface area contributed by atoms with Crippen LogP contribution in [-0.2, 0) is 0 Å². The molecule has 1 atom stereocenters. The Labute approximate surface area is 111 Å². The summed E-state index contributed by atoms with van der Waals surface area (Å²) < 4.78 is 1.02. The van der Waals surface area contributed by atoms with E-state index in [2.05, 4.69) is 31.9 Å². The third kappa shape index (κ3) is 2.06. The molecule has 0 aromatic heterocycles. The van der Waals surface area contributed by atoms with Crippen LogP contribution in [-0.4, -0.2) is 10.6 Å². The molecule has 0 heterocycles. The number of halogens is 2. The Morgan fingerprint density at radius 2 is 1.75 bits per heavy atom. The van der Waals surface area contributed by atoms with E-state index in [4.69, 9.17) is 0 Å². The van der Waals surface area contributed by atoms with Crippen LogP contribution in [0.5, 0.6) is 0 Å². The van der Waals surface area contributed by atoms with Crippen LogP contribution in [0.3, 0.4) is 0 Å². The molecule has 82 valence electrons. The van der Waals surface area contributed by atoms with Gasteiger partial charge in [0, 0.05) is 10.0 Å². The Kier molecular flexibility index (Phi) is 3.45. The van der Waals surface area contributed by atoms with Crippen LogP contribution in [0.15, 0.2) is 40.9 Å². The largest absolute Gasteiger partial charge is 0.293 e. The number of rotatable bonds is 2. The molecule has 1 unspecified atom stereocenters. The molecule has 16 heavy (non-hydrogen) atoms. The molecule has 0 N–H and O–H groups in total. The van der Waals surface area contributed by atoms with E-state index in [-0.39, 0.29) is 10.6 Å². The van der Waals surface area contributed by atoms with Crippen molar-refractivity contribution in [1.29, 1.82) is 0 Å². The molecule has 0 aliphatic heterocycles. The van der Waals surface area contributed by atoms with Gasteiger partial charge < -0.3 is 0 Å². The highest BCUT2D eigenvalue weighted by Crippen LogP contribution is 2.28. The Balaban J connectivity index is 2.72. The minimum Gasteiger partial charge on any atom is -0.293 e. The molecular weight excluding hydrogens is 332 g/mol. The fourth-order valence-corrected chi connectivity index (χ4v) is 2.42. The lowest BCUT2D eigenvalue weighted by molar-refractivity contribution is 0.0997. The van der Waals surface area contributed by atoms with Crippen LogP contribution in [0, 0.1) is 0 Å². The van der Waals surface area contributed by atoms with Gasteiger partial charge in [-0.2, -0.15) is 0 Å². The quantitative estimate of drug-likeness (QED) is 0.577. The summed E-state index contributed by atoms with van der Waals surface area (Å²) in [5, 5.41) is 2.06. The minimum absolute atomic E-state index is 0.115. The molecule has 0 saturated heterocycles. The first-order chi connectivity index (χ1) is 7.61. The molecule has 0 radical (unpaired) electrons. The number of carbonyl (C=O) groups excluding carboxylic acids is 1. The fourth-order valence-electron chi connectivity index (χ4n) is 1.69. The topological polar surface area (TPSA) is 17.1 Å². The zero-order valence-electron chi connectivity index (χ0n) is 8.71. The van der Waals surface area contributed by atoms with Crippen molar-refractivity contribution >= 4 is 48.4 Å². The highest BCUT2D eigenvalue weighted by molar-refractivity contribution is 9.10. The van der Waals surface area contributed by atoms with Gasteiger partial charge >= 0.3 is 0 Å². The van der Waals surface area contributed by atoms with E-state index in [9.17, 15) is 4.79 Å². The van der Waals surface area contributed by atoms with E-state index < -0.39 is 0 Å². The average molecular weight is 342 g/mol. The van der Waals surface area contributed by atoms with Crippen molar-refractivity contribution in [3.05, 3.63) is 46.4 Å². The van der Waals surface area contributed by atoms with Crippen molar-refractivity contribution in [2.45, 2.75) is 11.8 Å². The summed E-state index contributed by atoms with van der Waals surface area (Å²) in [6.45, 7) is 1.85. The summed E-state index contributed by atoms with van der Waals surface area (Å²) in [5.41, 5.74) is 0.767. The maximum atomic E-state index is 12.0. The van der Waals surface area contributed by atoms with Crippen molar-refractivity contribution in [2.75, 3.05) is 0 Å². The average Bonchev–Trinajstić information content (AvgIpc) is 2.29. The molecule has 2 rings (SSSR count). The zero-order chi connectivity index (χ0) is 11.7. The predicted molar refractivity (Wildman–Crippen MR) is 74.4 cm³/mol. The molecule has 0 fully saturated rings. The molecule has 0 aliphatic rings.